The second kappa shape index (κ2) is 3.83. The van der Waals surface area contributed by atoms with Crippen LogP contribution in [0.4, 0.5) is 0 Å². The van der Waals surface area contributed by atoms with E-state index in [0.717, 1.165) is 11.8 Å². The molecule has 2 rings (SSSR count). The highest BCUT2D eigenvalue weighted by Gasteiger charge is 2.06. The maximum atomic E-state index is 9.52. The molecule has 0 bridgehead atoms. The predicted octanol–water partition coefficient (Wildman–Crippen LogP) is 3.89. The molecule has 0 radical (unpaired) electrons. The number of phenolic OH excluding ortho intramolecular Hbond substituents is 1. The number of hydrogen-bond donors (Lipinski definition) is 1. The zero-order valence-corrected chi connectivity index (χ0v) is 9.84. The van der Waals surface area contributed by atoms with Crippen molar-refractivity contribution in [1.29, 1.82) is 0 Å². The van der Waals surface area contributed by atoms with Crippen LogP contribution < -0.4 is 0 Å². The van der Waals surface area contributed by atoms with Crippen molar-refractivity contribution in [2.75, 3.05) is 6.26 Å². The third kappa shape index (κ3) is 1.62. The molecule has 0 amide bonds. The third-order valence-corrected chi connectivity index (χ3v) is 4.53. The quantitative estimate of drug-likeness (QED) is 0.781. The van der Waals surface area contributed by atoms with Crippen LogP contribution in [0.15, 0.2) is 22.4 Å². The summed E-state index contributed by atoms with van der Waals surface area (Å²) < 4.78 is 2.62. The van der Waals surface area contributed by atoms with Gasteiger partial charge in [0.1, 0.15) is 5.75 Å². The van der Waals surface area contributed by atoms with Crippen LogP contribution in [-0.4, -0.2) is 11.4 Å². The first kappa shape index (κ1) is 9.87. The van der Waals surface area contributed by atoms with Gasteiger partial charge < -0.3 is 5.11 Å². The molecule has 0 spiro atoms. The SMILES string of the molecule is CCc1cc(O)cc2cc(SC)sc12. The van der Waals surface area contributed by atoms with Crippen molar-refractivity contribution < 1.29 is 5.11 Å². The van der Waals surface area contributed by atoms with Crippen LogP contribution in [0.1, 0.15) is 12.5 Å². The highest BCUT2D eigenvalue weighted by Crippen LogP contribution is 2.36. The molecule has 1 heterocycles. The second-order valence-corrected chi connectivity index (χ2v) is 5.31. The van der Waals surface area contributed by atoms with Gasteiger partial charge in [-0.15, -0.1) is 23.1 Å². The van der Waals surface area contributed by atoms with Gasteiger partial charge >= 0.3 is 0 Å². The number of rotatable bonds is 2. The minimum atomic E-state index is 0.375. The molecule has 74 valence electrons. The lowest BCUT2D eigenvalue weighted by Crippen LogP contribution is -1.78. The molecule has 0 aliphatic carbocycles. The molecule has 14 heavy (non-hydrogen) atoms. The molecule has 0 unspecified atom stereocenters. The molecule has 1 N–H and O–H groups in total. The zero-order chi connectivity index (χ0) is 10.1. The molecule has 0 aliphatic heterocycles. The number of phenols is 1. The largest absolute Gasteiger partial charge is 0.508 e. The summed E-state index contributed by atoms with van der Waals surface area (Å²) in [6, 6.07) is 5.84. The Labute approximate surface area is 91.8 Å². The van der Waals surface area contributed by atoms with E-state index in [1.54, 1.807) is 11.8 Å². The van der Waals surface area contributed by atoms with Crippen LogP contribution in [-0.2, 0) is 6.42 Å². The molecule has 1 aromatic heterocycles. The number of fused-ring (bicyclic) bond motifs is 1. The highest BCUT2D eigenvalue weighted by molar-refractivity contribution is 8.00. The van der Waals surface area contributed by atoms with Crippen molar-refractivity contribution in [2.24, 2.45) is 0 Å². The Balaban J connectivity index is 2.71. The second-order valence-electron chi connectivity index (χ2n) is 3.15. The molecule has 0 fully saturated rings. The van der Waals surface area contributed by atoms with Gasteiger partial charge in [-0.1, -0.05) is 6.92 Å². The Morgan fingerprint density at radius 3 is 2.79 bits per heavy atom. The number of benzene rings is 1. The minimum Gasteiger partial charge on any atom is -0.508 e. The topological polar surface area (TPSA) is 20.2 Å². The van der Waals surface area contributed by atoms with Crippen LogP contribution in [0.5, 0.6) is 5.75 Å². The lowest BCUT2D eigenvalue weighted by atomic mass is 10.1. The van der Waals surface area contributed by atoms with E-state index in [4.69, 9.17) is 0 Å². The van der Waals surface area contributed by atoms with Gasteiger partial charge in [0.15, 0.2) is 0 Å². The first-order valence-corrected chi connectivity index (χ1v) is 6.58. The first-order chi connectivity index (χ1) is 6.74. The summed E-state index contributed by atoms with van der Waals surface area (Å²) in [7, 11) is 0. The third-order valence-electron chi connectivity index (χ3n) is 2.24. The monoisotopic (exact) mass is 224 g/mol. The normalized spacial score (nSPS) is 11.0. The van der Waals surface area contributed by atoms with Crippen molar-refractivity contribution in [3.8, 4) is 5.75 Å². The molecule has 3 heteroatoms. The van der Waals surface area contributed by atoms with Crippen molar-refractivity contribution in [3.63, 3.8) is 0 Å². The first-order valence-electron chi connectivity index (χ1n) is 4.54. The van der Waals surface area contributed by atoms with E-state index in [0.29, 0.717) is 5.75 Å². The molecule has 1 nitrogen and oxygen atoms in total. The van der Waals surface area contributed by atoms with Gasteiger partial charge in [-0.25, -0.2) is 0 Å². The number of aryl methyl sites for hydroxylation is 1. The Morgan fingerprint density at radius 2 is 2.14 bits per heavy atom. The molecule has 0 saturated carbocycles. The van der Waals surface area contributed by atoms with Crippen molar-refractivity contribution in [3.05, 3.63) is 23.8 Å². The number of thiophene rings is 1. The van der Waals surface area contributed by atoms with Crippen LogP contribution in [0.25, 0.3) is 10.1 Å². The van der Waals surface area contributed by atoms with Crippen LogP contribution in [0.3, 0.4) is 0 Å². The summed E-state index contributed by atoms with van der Waals surface area (Å²) in [6.45, 7) is 2.12. The van der Waals surface area contributed by atoms with E-state index in [9.17, 15) is 5.11 Å². The summed E-state index contributed by atoms with van der Waals surface area (Å²) in [6.07, 6.45) is 3.05. The fourth-order valence-electron chi connectivity index (χ4n) is 1.55. The van der Waals surface area contributed by atoms with Crippen molar-refractivity contribution >= 4 is 33.2 Å². The van der Waals surface area contributed by atoms with E-state index >= 15 is 0 Å². The molecule has 2 aromatic rings. The lowest BCUT2D eigenvalue weighted by Gasteiger charge is -1.99. The van der Waals surface area contributed by atoms with Crippen molar-refractivity contribution in [1.82, 2.24) is 0 Å². The number of aromatic hydroxyl groups is 1. The fraction of sp³-hybridized carbons (Fsp3) is 0.273. The number of hydrogen-bond acceptors (Lipinski definition) is 3. The summed E-state index contributed by atoms with van der Waals surface area (Å²) >= 11 is 3.57. The van der Waals surface area contributed by atoms with Gasteiger partial charge in [-0.05, 0) is 41.8 Å². The van der Waals surface area contributed by atoms with Gasteiger partial charge in [0.2, 0.25) is 0 Å². The van der Waals surface area contributed by atoms with Crippen LogP contribution >= 0.6 is 23.1 Å². The smallest absolute Gasteiger partial charge is 0.116 e. The standard InChI is InChI=1S/C11H12OS2/c1-3-7-4-9(12)5-8-6-10(13-2)14-11(7)8/h4-6,12H,3H2,1-2H3. The Bertz CT molecular complexity index is 460. The van der Waals surface area contributed by atoms with E-state index in [1.165, 1.54) is 14.5 Å². The van der Waals surface area contributed by atoms with E-state index in [-0.39, 0.29) is 0 Å². The van der Waals surface area contributed by atoms with Gasteiger partial charge in [0.25, 0.3) is 0 Å². The average Bonchev–Trinajstić information content (AvgIpc) is 2.59. The fourth-order valence-corrected chi connectivity index (χ4v) is 3.33. The molecule has 0 atom stereocenters. The maximum Gasteiger partial charge on any atom is 0.116 e. The Kier molecular flexibility index (Phi) is 2.70. The Hall–Kier alpha value is -0.670. The van der Waals surface area contributed by atoms with Gasteiger partial charge in [0.05, 0.1) is 4.21 Å². The molecule has 0 saturated heterocycles. The van der Waals surface area contributed by atoms with E-state index in [2.05, 4.69) is 19.2 Å². The van der Waals surface area contributed by atoms with Gasteiger partial charge in [0, 0.05) is 4.70 Å². The zero-order valence-electron chi connectivity index (χ0n) is 8.20. The summed E-state index contributed by atoms with van der Waals surface area (Å²) in [5, 5.41) is 10.7. The van der Waals surface area contributed by atoms with Crippen LogP contribution in [0, 0.1) is 0 Å². The van der Waals surface area contributed by atoms with Crippen LogP contribution in [0.2, 0.25) is 0 Å². The van der Waals surface area contributed by atoms with E-state index < -0.39 is 0 Å². The number of thioether (sulfide) groups is 1. The highest BCUT2D eigenvalue weighted by atomic mass is 32.2. The Morgan fingerprint density at radius 1 is 1.36 bits per heavy atom. The van der Waals surface area contributed by atoms with E-state index in [1.807, 2.05) is 23.5 Å². The minimum absolute atomic E-state index is 0.375. The summed E-state index contributed by atoms with van der Waals surface area (Å²) in [5.74, 6) is 0.375. The molecular weight excluding hydrogens is 212 g/mol. The van der Waals surface area contributed by atoms with Crippen molar-refractivity contribution in [2.45, 2.75) is 17.6 Å². The summed E-state index contributed by atoms with van der Waals surface area (Å²) in [5.41, 5.74) is 1.24. The maximum absolute atomic E-state index is 9.52. The molecular formula is C11H12OS2. The molecule has 0 aliphatic rings. The summed E-state index contributed by atoms with van der Waals surface area (Å²) in [4.78, 5) is 0. The van der Waals surface area contributed by atoms with Gasteiger partial charge in [-0.3, -0.25) is 0 Å². The van der Waals surface area contributed by atoms with Gasteiger partial charge in [-0.2, -0.15) is 0 Å². The average molecular weight is 224 g/mol. The molecule has 1 aromatic carbocycles. The predicted molar refractivity (Wildman–Crippen MR) is 64.6 cm³/mol. The lowest BCUT2D eigenvalue weighted by molar-refractivity contribution is 0.475.